The van der Waals surface area contributed by atoms with Crippen LogP contribution in [0.5, 0.6) is 0 Å². The summed E-state index contributed by atoms with van der Waals surface area (Å²) in [7, 11) is 0. The van der Waals surface area contributed by atoms with Crippen molar-refractivity contribution in [3.05, 3.63) is 71.2 Å². The number of benzene rings is 1. The van der Waals surface area contributed by atoms with Crippen LogP contribution in [0.1, 0.15) is 33.6 Å². The maximum atomic E-state index is 13.6. The van der Waals surface area contributed by atoms with Crippen molar-refractivity contribution in [1.82, 2.24) is 20.2 Å². The molecule has 4 rings (SSSR count). The average molecular weight is 515 g/mol. The van der Waals surface area contributed by atoms with Gasteiger partial charge in [0, 0.05) is 24.2 Å². The Hall–Kier alpha value is -4.40. The zero-order valence-electron chi connectivity index (χ0n) is 19.0. The standard InChI is InChI=1S/C25H18F5N5O2/c26-24(27)11-17(12-31)35(14-24)22(36)13-34-23(37)18-6-8-32-20-4-3-15(9-19(18)20)1-2-16-5-7-33-21(10-16)25(28,29)30/h1-10,17H,11,13-14H2,(H,34,37)/b2-1+/t17-/m0/s1. The van der Waals surface area contributed by atoms with Crippen LogP contribution in [0.4, 0.5) is 22.0 Å². The molecule has 12 heteroatoms. The fraction of sp³-hybridized carbons (Fsp3) is 0.240. The van der Waals surface area contributed by atoms with E-state index in [4.69, 9.17) is 5.26 Å². The number of rotatable bonds is 5. The van der Waals surface area contributed by atoms with Crippen LogP contribution in [-0.4, -0.2) is 51.7 Å². The van der Waals surface area contributed by atoms with Gasteiger partial charge >= 0.3 is 6.18 Å². The van der Waals surface area contributed by atoms with Crippen molar-refractivity contribution in [1.29, 1.82) is 5.26 Å². The number of carbonyl (C=O) groups excluding carboxylic acids is 2. The number of halogens is 5. The molecule has 190 valence electrons. The van der Waals surface area contributed by atoms with Gasteiger partial charge in [0.1, 0.15) is 11.7 Å². The lowest BCUT2D eigenvalue weighted by molar-refractivity contribution is -0.141. The van der Waals surface area contributed by atoms with E-state index in [0.29, 0.717) is 16.5 Å². The van der Waals surface area contributed by atoms with Crippen LogP contribution in [0.2, 0.25) is 0 Å². The van der Waals surface area contributed by atoms with Crippen LogP contribution in [0.25, 0.3) is 23.1 Å². The fourth-order valence-electron chi connectivity index (χ4n) is 3.91. The van der Waals surface area contributed by atoms with E-state index in [1.165, 1.54) is 24.4 Å². The molecule has 2 amide bonds. The summed E-state index contributed by atoms with van der Waals surface area (Å²) in [6.45, 7) is -1.48. The SMILES string of the molecule is N#C[C@@H]1CC(F)(F)CN1C(=O)CNC(=O)c1ccnc2ccc(/C=C/c3ccnc(C(F)(F)F)c3)cc12. The van der Waals surface area contributed by atoms with Crippen LogP contribution in [0.15, 0.2) is 48.8 Å². The summed E-state index contributed by atoms with van der Waals surface area (Å²) in [6, 6.07) is 9.02. The molecule has 1 atom stereocenters. The Morgan fingerprint density at radius 3 is 2.51 bits per heavy atom. The summed E-state index contributed by atoms with van der Waals surface area (Å²) in [4.78, 5) is 33.5. The minimum Gasteiger partial charge on any atom is -0.343 e. The molecular formula is C25H18F5N5O2. The van der Waals surface area contributed by atoms with E-state index in [1.54, 1.807) is 30.3 Å². The van der Waals surface area contributed by atoms with E-state index in [9.17, 15) is 31.5 Å². The summed E-state index contributed by atoms with van der Waals surface area (Å²) in [6.07, 6.45) is 0.126. The largest absolute Gasteiger partial charge is 0.433 e. The first kappa shape index (κ1) is 25.7. The highest BCUT2D eigenvalue weighted by Crippen LogP contribution is 2.32. The average Bonchev–Trinajstić information content (AvgIpc) is 3.19. The molecular weight excluding hydrogens is 497 g/mol. The summed E-state index contributed by atoms with van der Waals surface area (Å²) >= 11 is 0. The molecule has 0 saturated carbocycles. The second-order valence-corrected chi connectivity index (χ2v) is 8.35. The summed E-state index contributed by atoms with van der Waals surface area (Å²) in [5.41, 5.74) is 0.410. The Bertz CT molecular complexity index is 1430. The van der Waals surface area contributed by atoms with Gasteiger partial charge in [-0.25, -0.2) is 8.78 Å². The molecule has 0 radical (unpaired) electrons. The lowest BCUT2D eigenvalue weighted by Crippen LogP contribution is -2.43. The molecule has 3 heterocycles. The van der Waals surface area contributed by atoms with Crippen molar-refractivity contribution in [3.8, 4) is 6.07 Å². The van der Waals surface area contributed by atoms with Crippen LogP contribution in [-0.2, 0) is 11.0 Å². The number of aromatic nitrogens is 2. The first-order chi connectivity index (χ1) is 17.5. The molecule has 1 aliphatic rings. The Morgan fingerprint density at radius 2 is 1.81 bits per heavy atom. The molecule has 7 nitrogen and oxygen atoms in total. The van der Waals surface area contributed by atoms with Crippen molar-refractivity contribution >= 4 is 34.9 Å². The molecule has 0 spiro atoms. The topological polar surface area (TPSA) is 99.0 Å². The van der Waals surface area contributed by atoms with Gasteiger partial charge in [0.25, 0.3) is 11.8 Å². The summed E-state index contributed by atoms with van der Waals surface area (Å²) in [5, 5.41) is 11.9. The number of hydrogen-bond acceptors (Lipinski definition) is 5. The quantitative estimate of drug-likeness (QED) is 0.511. The number of amides is 2. The molecule has 1 aliphatic heterocycles. The molecule has 1 aromatic carbocycles. The number of likely N-dealkylation sites (tertiary alicyclic amines) is 1. The summed E-state index contributed by atoms with van der Waals surface area (Å²) < 4.78 is 65.9. The molecule has 1 N–H and O–H groups in total. The lowest BCUT2D eigenvalue weighted by Gasteiger charge is -2.19. The minimum atomic E-state index is -4.58. The second kappa shape index (κ2) is 9.93. The number of nitriles is 1. The van der Waals surface area contributed by atoms with Crippen molar-refractivity contribution in [2.24, 2.45) is 0 Å². The van der Waals surface area contributed by atoms with Gasteiger partial charge in [-0.2, -0.15) is 18.4 Å². The van der Waals surface area contributed by atoms with E-state index < -0.39 is 55.2 Å². The van der Waals surface area contributed by atoms with E-state index in [1.807, 2.05) is 0 Å². The smallest absolute Gasteiger partial charge is 0.343 e. The van der Waals surface area contributed by atoms with Crippen LogP contribution in [0, 0.1) is 11.3 Å². The third-order valence-corrected chi connectivity index (χ3v) is 5.69. The highest BCUT2D eigenvalue weighted by Gasteiger charge is 2.47. The van der Waals surface area contributed by atoms with Gasteiger partial charge in [-0.3, -0.25) is 19.6 Å². The zero-order chi connectivity index (χ0) is 26.8. The molecule has 0 aliphatic carbocycles. The van der Waals surface area contributed by atoms with Crippen molar-refractivity contribution in [2.45, 2.75) is 24.6 Å². The van der Waals surface area contributed by atoms with E-state index in [-0.39, 0.29) is 11.1 Å². The minimum absolute atomic E-state index is 0.153. The van der Waals surface area contributed by atoms with Gasteiger partial charge in [0.05, 0.1) is 30.2 Å². The molecule has 1 fully saturated rings. The van der Waals surface area contributed by atoms with Crippen LogP contribution < -0.4 is 5.32 Å². The molecule has 2 aromatic heterocycles. The molecule has 37 heavy (non-hydrogen) atoms. The Kier molecular flexibility index (Phi) is 6.89. The van der Waals surface area contributed by atoms with Crippen molar-refractivity contribution in [2.75, 3.05) is 13.1 Å². The number of hydrogen-bond donors (Lipinski definition) is 1. The highest BCUT2D eigenvalue weighted by molar-refractivity contribution is 6.07. The first-order valence-corrected chi connectivity index (χ1v) is 10.9. The van der Waals surface area contributed by atoms with E-state index >= 15 is 0 Å². The predicted molar refractivity (Wildman–Crippen MR) is 123 cm³/mol. The second-order valence-electron chi connectivity index (χ2n) is 8.35. The van der Waals surface area contributed by atoms with E-state index in [0.717, 1.165) is 17.2 Å². The Morgan fingerprint density at radius 1 is 1.11 bits per heavy atom. The van der Waals surface area contributed by atoms with Crippen molar-refractivity contribution in [3.63, 3.8) is 0 Å². The van der Waals surface area contributed by atoms with Gasteiger partial charge in [-0.1, -0.05) is 18.2 Å². The number of pyridine rings is 2. The number of carbonyl (C=O) groups is 2. The maximum Gasteiger partial charge on any atom is 0.433 e. The van der Waals surface area contributed by atoms with Gasteiger partial charge in [-0.05, 0) is 41.5 Å². The van der Waals surface area contributed by atoms with Gasteiger partial charge in [0.15, 0.2) is 0 Å². The number of nitrogens with zero attached hydrogens (tertiary/aromatic N) is 4. The van der Waals surface area contributed by atoms with Gasteiger partial charge < -0.3 is 10.2 Å². The fourth-order valence-corrected chi connectivity index (χ4v) is 3.91. The highest BCUT2D eigenvalue weighted by atomic mass is 19.4. The number of nitrogens with one attached hydrogen (secondary N) is 1. The van der Waals surface area contributed by atoms with Crippen LogP contribution >= 0.6 is 0 Å². The Balaban J connectivity index is 1.51. The molecule has 1 saturated heterocycles. The number of alkyl halides is 5. The van der Waals surface area contributed by atoms with Gasteiger partial charge in [-0.15, -0.1) is 0 Å². The van der Waals surface area contributed by atoms with Crippen LogP contribution in [0.3, 0.4) is 0 Å². The molecule has 3 aromatic rings. The molecule has 0 unspecified atom stereocenters. The lowest BCUT2D eigenvalue weighted by atomic mass is 10.0. The van der Waals surface area contributed by atoms with Gasteiger partial charge in [0.2, 0.25) is 5.91 Å². The Labute approximate surface area is 207 Å². The van der Waals surface area contributed by atoms with E-state index in [2.05, 4.69) is 15.3 Å². The maximum absolute atomic E-state index is 13.6. The zero-order valence-corrected chi connectivity index (χ0v) is 19.0. The van der Waals surface area contributed by atoms with Crippen molar-refractivity contribution < 1.29 is 31.5 Å². The normalized spacial score (nSPS) is 17.2. The monoisotopic (exact) mass is 515 g/mol. The third-order valence-electron chi connectivity index (χ3n) is 5.69. The predicted octanol–water partition coefficient (Wildman–Crippen LogP) is 4.31. The first-order valence-electron chi connectivity index (χ1n) is 10.9. The number of fused-ring (bicyclic) bond motifs is 1. The summed E-state index contributed by atoms with van der Waals surface area (Å²) in [5.74, 6) is -4.64. The third kappa shape index (κ3) is 5.88. The molecule has 0 bridgehead atoms.